The van der Waals surface area contributed by atoms with E-state index < -0.39 is 0 Å². The van der Waals surface area contributed by atoms with E-state index in [1.54, 1.807) is 0 Å². The summed E-state index contributed by atoms with van der Waals surface area (Å²) in [6, 6.07) is 6.31. The number of hydrogen-bond donors (Lipinski definition) is 1. The third kappa shape index (κ3) is 3.06. The second-order valence-corrected chi connectivity index (χ2v) is 5.43. The highest BCUT2D eigenvalue weighted by atomic mass is 14.8. The van der Waals surface area contributed by atoms with Crippen molar-refractivity contribution in [3.05, 3.63) is 29.6 Å². The minimum Gasteiger partial charge on any atom is -0.322 e. The minimum absolute atomic E-state index is 0.129. The van der Waals surface area contributed by atoms with Crippen molar-refractivity contribution in [1.29, 1.82) is 0 Å². The van der Waals surface area contributed by atoms with E-state index in [-0.39, 0.29) is 6.04 Å². The summed E-state index contributed by atoms with van der Waals surface area (Å²) in [5, 5.41) is 0. The maximum atomic E-state index is 6.39. The van der Waals surface area contributed by atoms with Crippen molar-refractivity contribution in [1.82, 2.24) is 4.98 Å². The monoisotopic (exact) mass is 232 g/mol. The first-order valence-electron chi connectivity index (χ1n) is 6.89. The molecule has 3 unspecified atom stereocenters. The van der Waals surface area contributed by atoms with Gasteiger partial charge in [-0.25, -0.2) is 0 Å². The molecule has 1 saturated carbocycles. The molecule has 0 aliphatic heterocycles. The fourth-order valence-corrected chi connectivity index (χ4v) is 3.02. The molecule has 2 heteroatoms. The van der Waals surface area contributed by atoms with Crippen molar-refractivity contribution in [2.45, 2.75) is 52.0 Å². The summed E-state index contributed by atoms with van der Waals surface area (Å²) in [6.45, 7) is 4.33. The third-order valence-corrected chi connectivity index (χ3v) is 4.16. The molecule has 94 valence electrons. The summed E-state index contributed by atoms with van der Waals surface area (Å²) in [4.78, 5) is 4.57. The molecule has 0 bridgehead atoms. The third-order valence-electron chi connectivity index (χ3n) is 4.16. The van der Waals surface area contributed by atoms with Gasteiger partial charge in [-0.15, -0.1) is 0 Å². The van der Waals surface area contributed by atoms with Gasteiger partial charge in [0.2, 0.25) is 0 Å². The van der Waals surface area contributed by atoms with Crippen molar-refractivity contribution in [3.63, 3.8) is 0 Å². The highest BCUT2D eigenvalue weighted by molar-refractivity contribution is 5.14. The average molecular weight is 232 g/mol. The predicted molar refractivity (Wildman–Crippen MR) is 71.6 cm³/mol. The zero-order valence-electron chi connectivity index (χ0n) is 11.0. The Morgan fingerprint density at radius 2 is 2.24 bits per heavy atom. The van der Waals surface area contributed by atoms with Gasteiger partial charge in [0.25, 0.3) is 0 Å². The Kier molecular flexibility index (Phi) is 4.16. The smallest absolute Gasteiger partial charge is 0.0577 e. The summed E-state index contributed by atoms with van der Waals surface area (Å²) in [5.74, 6) is 1.51. The number of nitrogens with zero attached hydrogens (tertiary/aromatic N) is 1. The Morgan fingerprint density at radius 3 is 2.94 bits per heavy atom. The first kappa shape index (κ1) is 12.6. The van der Waals surface area contributed by atoms with Crippen LogP contribution in [0.4, 0.5) is 0 Å². The van der Waals surface area contributed by atoms with Crippen molar-refractivity contribution in [2.75, 3.05) is 0 Å². The van der Waals surface area contributed by atoms with Crippen LogP contribution in [0, 0.1) is 18.8 Å². The summed E-state index contributed by atoms with van der Waals surface area (Å²) in [6.07, 6.45) is 6.58. The van der Waals surface area contributed by atoms with Crippen LogP contribution in [0.2, 0.25) is 0 Å². The fourth-order valence-electron chi connectivity index (χ4n) is 3.02. The fraction of sp³-hybridized carbons (Fsp3) is 0.667. The van der Waals surface area contributed by atoms with Crippen LogP contribution in [-0.4, -0.2) is 4.98 Å². The highest BCUT2D eigenvalue weighted by Crippen LogP contribution is 2.36. The van der Waals surface area contributed by atoms with Crippen molar-refractivity contribution >= 4 is 0 Å². The Labute approximate surface area is 105 Å². The Hall–Kier alpha value is -0.890. The number of rotatable bonds is 3. The van der Waals surface area contributed by atoms with Gasteiger partial charge in [-0.3, -0.25) is 4.98 Å². The van der Waals surface area contributed by atoms with Gasteiger partial charge >= 0.3 is 0 Å². The first-order valence-corrected chi connectivity index (χ1v) is 6.89. The van der Waals surface area contributed by atoms with Crippen LogP contribution in [0.25, 0.3) is 0 Å². The lowest BCUT2D eigenvalue weighted by Crippen LogP contribution is -2.27. The molecule has 1 fully saturated rings. The summed E-state index contributed by atoms with van der Waals surface area (Å²) in [5.41, 5.74) is 8.54. The number of hydrogen-bond acceptors (Lipinski definition) is 2. The summed E-state index contributed by atoms with van der Waals surface area (Å²) < 4.78 is 0. The molecular weight excluding hydrogens is 208 g/mol. The van der Waals surface area contributed by atoms with E-state index >= 15 is 0 Å². The zero-order valence-corrected chi connectivity index (χ0v) is 11.0. The van der Waals surface area contributed by atoms with Crippen molar-refractivity contribution < 1.29 is 0 Å². The number of nitrogens with two attached hydrogens (primary N) is 1. The van der Waals surface area contributed by atoms with E-state index in [2.05, 4.69) is 24.0 Å². The van der Waals surface area contributed by atoms with E-state index in [0.29, 0.717) is 5.92 Å². The zero-order chi connectivity index (χ0) is 12.3. The van der Waals surface area contributed by atoms with Gasteiger partial charge < -0.3 is 5.73 Å². The topological polar surface area (TPSA) is 38.9 Å². The highest BCUT2D eigenvalue weighted by Gasteiger charge is 2.27. The second kappa shape index (κ2) is 5.63. The lowest BCUT2D eigenvalue weighted by atomic mass is 9.76. The van der Waals surface area contributed by atoms with E-state index in [4.69, 9.17) is 5.73 Å². The second-order valence-electron chi connectivity index (χ2n) is 5.43. The lowest BCUT2D eigenvalue weighted by Gasteiger charge is -2.32. The van der Waals surface area contributed by atoms with Crippen LogP contribution >= 0.6 is 0 Å². The van der Waals surface area contributed by atoms with Gasteiger partial charge in [0.15, 0.2) is 0 Å². The minimum atomic E-state index is 0.129. The van der Waals surface area contributed by atoms with Crippen LogP contribution < -0.4 is 5.73 Å². The molecule has 1 aromatic rings. The van der Waals surface area contributed by atoms with Gasteiger partial charge in [0.1, 0.15) is 0 Å². The number of pyridine rings is 1. The predicted octanol–water partition coefficient (Wildman–Crippen LogP) is 3.61. The Balaban J connectivity index is 2.06. The van der Waals surface area contributed by atoms with Crippen LogP contribution in [0.5, 0.6) is 0 Å². The Bertz CT molecular complexity index is 362. The standard InChI is InChI=1S/C15H24N2/c1-3-12-7-5-8-13(10-12)15(16)14-9-4-6-11(2)17-14/h4,6,9,12-13,15H,3,5,7-8,10,16H2,1-2H3. The van der Waals surface area contributed by atoms with Gasteiger partial charge in [0, 0.05) is 11.7 Å². The molecule has 2 nitrogen and oxygen atoms in total. The molecule has 0 spiro atoms. The number of aromatic nitrogens is 1. The molecule has 1 aliphatic rings. The maximum absolute atomic E-state index is 6.39. The molecule has 3 atom stereocenters. The molecule has 0 aromatic carbocycles. The van der Waals surface area contributed by atoms with E-state index in [9.17, 15) is 0 Å². The first-order chi connectivity index (χ1) is 8.20. The van der Waals surface area contributed by atoms with E-state index in [1.165, 1.54) is 32.1 Å². The number of aryl methyl sites for hydroxylation is 1. The van der Waals surface area contributed by atoms with Crippen LogP contribution in [-0.2, 0) is 0 Å². The quantitative estimate of drug-likeness (QED) is 0.864. The van der Waals surface area contributed by atoms with Crippen LogP contribution in [0.1, 0.15) is 56.5 Å². The van der Waals surface area contributed by atoms with Gasteiger partial charge in [-0.05, 0) is 43.7 Å². The van der Waals surface area contributed by atoms with Gasteiger partial charge in [-0.2, -0.15) is 0 Å². The molecule has 1 aromatic heterocycles. The summed E-state index contributed by atoms with van der Waals surface area (Å²) >= 11 is 0. The molecule has 0 amide bonds. The SMILES string of the molecule is CCC1CCCC(C(N)c2cccc(C)n2)C1. The lowest BCUT2D eigenvalue weighted by molar-refractivity contribution is 0.228. The molecule has 0 radical (unpaired) electrons. The maximum Gasteiger partial charge on any atom is 0.0577 e. The molecule has 0 saturated heterocycles. The summed E-state index contributed by atoms with van der Waals surface area (Å²) in [7, 11) is 0. The Morgan fingerprint density at radius 1 is 1.41 bits per heavy atom. The van der Waals surface area contributed by atoms with Gasteiger partial charge in [0.05, 0.1) is 5.69 Å². The normalized spacial score (nSPS) is 26.8. The molecule has 2 rings (SSSR count). The molecule has 1 heterocycles. The molecule has 17 heavy (non-hydrogen) atoms. The molecular formula is C15H24N2. The van der Waals surface area contributed by atoms with E-state index in [0.717, 1.165) is 17.3 Å². The van der Waals surface area contributed by atoms with Crippen molar-refractivity contribution in [3.8, 4) is 0 Å². The average Bonchev–Trinajstić information content (AvgIpc) is 2.38. The molecule has 1 aliphatic carbocycles. The van der Waals surface area contributed by atoms with Gasteiger partial charge in [-0.1, -0.05) is 32.3 Å². The largest absolute Gasteiger partial charge is 0.322 e. The van der Waals surface area contributed by atoms with Crippen molar-refractivity contribution in [2.24, 2.45) is 17.6 Å². The van der Waals surface area contributed by atoms with Crippen LogP contribution in [0.3, 0.4) is 0 Å². The molecule has 2 N–H and O–H groups in total. The van der Waals surface area contributed by atoms with E-state index in [1.807, 2.05) is 13.0 Å². The van der Waals surface area contributed by atoms with Crippen LogP contribution in [0.15, 0.2) is 18.2 Å².